The van der Waals surface area contributed by atoms with Crippen LogP contribution in [0, 0.1) is 6.92 Å². The number of hydrogen-bond acceptors (Lipinski definition) is 5. The van der Waals surface area contributed by atoms with Gasteiger partial charge in [0.25, 0.3) is 5.91 Å². The van der Waals surface area contributed by atoms with Gasteiger partial charge in [0.2, 0.25) is 5.91 Å². The van der Waals surface area contributed by atoms with E-state index in [0.29, 0.717) is 22.6 Å². The quantitative estimate of drug-likeness (QED) is 0.472. The van der Waals surface area contributed by atoms with E-state index in [1.807, 2.05) is 31.2 Å². The largest absolute Gasteiger partial charge is 0.496 e. The molecular formula is C29H29N3O5. The third kappa shape index (κ3) is 5.43. The molecule has 0 spiro atoms. The average Bonchev–Trinajstić information content (AvgIpc) is 3.66. The van der Waals surface area contributed by atoms with Crippen LogP contribution in [0.1, 0.15) is 46.0 Å². The van der Waals surface area contributed by atoms with Gasteiger partial charge in [-0.15, -0.1) is 0 Å². The van der Waals surface area contributed by atoms with Gasteiger partial charge in [-0.1, -0.05) is 54.1 Å². The summed E-state index contributed by atoms with van der Waals surface area (Å²) < 4.78 is 11.1. The second-order valence-corrected chi connectivity index (χ2v) is 9.43. The average molecular weight is 500 g/mol. The number of amides is 3. The van der Waals surface area contributed by atoms with Crippen molar-refractivity contribution < 1.29 is 23.9 Å². The molecule has 0 unspecified atom stereocenters. The maximum Gasteiger partial charge on any atom is 0.411 e. The molecule has 1 saturated carbocycles. The van der Waals surface area contributed by atoms with Crippen LogP contribution in [0.4, 0.5) is 10.5 Å². The first-order valence-electron chi connectivity index (χ1n) is 12.3. The Morgan fingerprint density at radius 2 is 1.78 bits per heavy atom. The number of methoxy groups -OCH3 is 1. The van der Waals surface area contributed by atoms with Gasteiger partial charge in [0.05, 0.1) is 19.2 Å². The van der Waals surface area contributed by atoms with Crippen LogP contribution in [0.15, 0.2) is 72.8 Å². The number of nitrogens with one attached hydrogen (secondary N) is 2. The first-order valence-corrected chi connectivity index (χ1v) is 12.3. The lowest BCUT2D eigenvalue weighted by molar-refractivity contribution is -0.126. The van der Waals surface area contributed by atoms with E-state index < -0.39 is 18.2 Å². The standard InChI is InChI=1S/C29H29N3O5/c1-18-10-12-19(13-11-18)17-32-25(28(34)30-21-14-15-21)26(37-29(32)35)20-6-5-7-22(16-20)31-27(33)23-8-3-4-9-24(23)36-2/h3-13,16,21,25-26H,14-15,17H2,1-2H3,(H,30,34)(H,31,33)/t25-,26+/m0/s1. The maximum atomic E-state index is 13.3. The summed E-state index contributed by atoms with van der Waals surface area (Å²) in [7, 11) is 1.51. The third-order valence-corrected chi connectivity index (χ3v) is 6.58. The normalized spacial score (nSPS) is 18.8. The van der Waals surface area contributed by atoms with Crippen molar-refractivity contribution in [2.45, 2.75) is 44.5 Å². The van der Waals surface area contributed by atoms with Crippen molar-refractivity contribution in [1.82, 2.24) is 10.2 Å². The summed E-state index contributed by atoms with van der Waals surface area (Å²) >= 11 is 0. The topological polar surface area (TPSA) is 97.0 Å². The highest BCUT2D eigenvalue weighted by Gasteiger charge is 2.48. The Labute approximate surface area is 215 Å². The molecule has 0 aromatic heterocycles. The molecule has 2 atom stereocenters. The van der Waals surface area contributed by atoms with E-state index in [-0.39, 0.29) is 24.4 Å². The number of aryl methyl sites for hydroxylation is 1. The molecule has 5 rings (SSSR count). The molecule has 3 aromatic carbocycles. The highest BCUT2D eigenvalue weighted by Crippen LogP contribution is 2.36. The minimum absolute atomic E-state index is 0.136. The minimum atomic E-state index is -0.838. The molecule has 2 N–H and O–H groups in total. The summed E-state index contributed by atoms with van der Waals surface area (Å²) in [6, 6.07) is 21.1. The number of carbonyl (C=O) groups is 3. The second-order valence-electron chi connectivity index (χ2n) is 9.43. The number of anilines is 1. The van der Waals surface area contributed by atoms with Crippen molar-refractivity contribution in [3.05, 3.63) is 95.1 Å². The molecule has 2 aliphatic rings. The van der Waals surface area contributed by atoms with Crippen LogP contribution in [-0.2, 0) is 16.1 Å². The van der Waals surface area contributed by atoms with Crippen LogP contribution in [0.5, 0.6) is 5.75 Å². The van der Waals surface area contributed by atoms with Gasteiger partial charge < -0.3 is 20.1 Å². The molecule has 1 aliphatic carbocycles. The summed E-state index contributed by atoms with van der Waals surface area (Å²) in [5, 5.41) is 5.90. The predicted octanol–water partition coefficient (Wildman–Crippen LogP) is 4.60. The molecule has 3 aromatic rings. The van der Waals surface area contributed by atoms with Crippen LogP contribution in [0.25, 0.3) is 0 Å². The number of rotatable bonds is 8. The van der Waals surface area contributed by atoms with Gasteiger partial charge in [0.15, 0.2) is 12.1 Å². The van der Waals surface area contributed by atoms with Crippen LogP contribution >= 0.6 is 0 Å². The van der Waals surface area contributed by atoms with Crippen molar-refractivity contribution in [3.63, 3.8) is 0 Å². The highest BCUT2D eigenvalue weighted by atomic mass is 16.6. The fraction of sp³-hybridized carbons (Fsp3) is 0.276. The predicted molar refractivity (Wildman–Crippen MR) is 138 cm³/mol. The van der Waals surface area contributed by atoms with Crippen molar-refractivity contribution in [2.75, 3.05) is 12.4 Å². The number of carbonyl (C=O) groups excluding carboxylic acids is 3. The number of para-hydroxylation sites is 1. The van der Waals surface area contributed by atoms with Crippen molar-refractivity contribution in [3.8, 4) is 5.75 Å². The summed E-state index contributed by atoms with van der Waals surface area (Å²) in [4.78, 5) is 40.7. The number of nitrogens with zero attached hydrogens (tertiary/aromatic N) is 1. The van der Waals surface area contributed by atoms with Gasteiger partial charge in [-0.05, 0) is 55.2 Å². The van der Waals surface area contributed by atoms with Crippen LogP contribution < -0.4 is 15.4 Å². The lowest BCUT2D eigenvalue weighted by Crippen LogP contribution is -2.46. The van der Waals surface area contributed by atoms with E-state index >= 15 is 0 Å². The summed E-state index contributed by atoms with van der Waals surface area (Å²) in [5.41, 5.74) is 3.55. The van der Waals surface area contributed by atoms with Gasteiger partial charge in [-0.3, -0.25) is 14.5 Å². The third-order valence-electron chi connectivity index (χ3n) is 6.58. The molecule has 3 amide bonds. The van der Waals surface area contributed by atoms with E-state index in [1.54, 1.807) is 48.5 Å². The smallest absolute Gasteiger partial charge is 0.411 e. The Hall–Kier alpha value is -4.33. The lowest BCUT2D eigenvalue weighted by Gasteiger charge is -2.24. The Bertz CT molecular complexity index is 1320. The number of cyclic esters (lactones) is 1. The van der Waals surface area contributed by atoms with Gasteiger partial charge in [-0.25, -0.2) is 4.79 Å². The Balaban J connectivity index is 1.40. The number of ether oxygens (including phenoxy) is 2. The first kappa shape index (κ1) is 24.4. The van der Waals surface area contributed by atoms with Gasteiger partial charge in [0.1, 0.15) is 5.75 Å². The van der Waals surface area contributed by atoms with Gasteiger partial charge in [-0.2, -0.15) is 0 Å². The molecule has 1 aliphatic heterocycles. The molecule has 2 fully saturated rings. The SMILES string of the molecule is COc1ccccc1C(=O)Nc1cccc([C@H]2OC(=O)N(Cc3ccc(C)cc3)[C@@H]2C(=O)NC2CC2)c1. The molecule has 0 radical (unpaired) electrons. The van der Waals surface area contributed by atoms with Crippen LogP contribution in [0.2, 0.25) is 0 Å². The van der Waals surface area contributed by atoms with E-state index in [4.69, 9.17) is 9.47 Å². The molecule has 8 heteroatoms. The second kappa shape index (κ2) is 10.3. The zero-order valence-corrected chi connectivity index (χ0v) is 20.8. The molecule has 1 heterocycles. The molecule has 0 bridgehead atoms. The zero-order chi connectivity index (χ0) is 25.9. The van der Waals surface area contributed by atoms with Crippen molar-refractivity contribution >= 4 is 23.6 Å². The Morgan fingerprint density at radius 1 is 1.03 bits per heavy atom. The van der Waals surface area contributed by atoms with E-state index in [2.05, 4.69) is 10.6 Å². The van der Waals surface area contributed by atoms with E-state index in [0.717, 1.165) is 24.0 Å². The van der Waals surface area contributed by atoms with Gasteiger partial charge in [0, 0.05) is 11.7 Å². The summed E-state index contributed by atoms with van der Waals surface area (Å²) in [6.07, 6.45) is 0.491. The molecule has 190 valence electrons. The minimum Gasteiger partial charge on any atom is -0.496 e. The highest BCUT2D eigenvalue weighted by molar-refractivity contribution is 6.06. The Morgan fingerprint density at radius 3 is 2.51 bits per heavy atom. The van der Waals surface area contributed by atoms with E-state index in [9.17, 15) is 14.4 Å². The number of benzene rings is 3. The molecule has 1 saturated heterocycles. The first-order chi connectivity index (χ1) is 17.9. The zero-order valence-electron chi connectivity index (χ0n) is 20.8. The Kier molecular flexibility index (Phi) is 6.81. The summed E-state index contributed by atoms with van der Waals surface area (Å²) in [5.74, 6) is -0.111. The molecule has 8 nitrogen and oxygen atoms in total. The van der Waals surface area contributed by atoms with E-state index in [1.165, 1.54) is 12.0 Å². The van der Waals surface area contributed by atoms with Crippen molar-refractivity contribution in [1.29, 1.82) is 0 Å². The summed E-state index contributed by atoms with van der Waals surface area (Å²) in [6.45, 7) is 2.25. The molecule has 37 heavy (non-hydrogen) atoms. The maximum absolute atomic E-state index is 13.3. The fourth-order valence-electron chi connectivity index (χ4n) is 4.44. The lowest BCUT2D eigenvalue weighted by atomic mass is 10.00. The van der Waals surface area contributed by atoms with Gasteiger partial charge >= 0.3 is 6.09 Å². The number of hydrogen-bond donors (Lipinski definition) is 2. The van der Waals surface area contributed by atoms with Crippen molar-refractivity contribution in [2.24, 2.45) is 0 Å². The fourth-order valence-corrected chi connectivity index (χ4v) is 4.44. The monoisotopic (exact) mass is 499 g/mol. The molecular weight excluding hydrogens is 470 g/mol. The van der Waals surface area contributed by atoms with Crippen LogP contribution in [0.3, 0.4) is 0 Å². The van der Waals surface area contributed by atoms with Crippen LogP contribution in [-0.4, -0.2) is 42.0 Å².